The summed E-state index contributed by atoms with van der Waals surface area (Å²) in [5, 5.41) is 12.5. The molecule has 1 aromatic rings. The van der Waals surface area contributed by atoms with Gasteiger partial charge in [0.1, 0.15) is 5.76 Å². The molecule has 2 atom stereocenters. The van der Waals surface area contributed by atoms with Gasteiger partial charge in [0.2, 0.25) is 5.76 Å². The molecule has 4 nitrogen and oxygen atoms in total. The Morgan fingerprint density at radius 3 is 2.75 bits per heavy atom. The zero-order valence-electron chi connectivity index (χ0n) is 12.6. The third-order valence-electron chi connectivity index (χ3n) is 4.46. The number of carboxylic acids is 1. The highest BCUT2D eigenvalue weighted by Gasteiger charge is 2.27. The number of carbonyl (C=O) groups is 1. The summed E-state index contributed by atoms with van der Waals surface area (Å²) >= 11 is 0. The Kier molecular flexibility index (Phi) is 4.86. The number of hydrogen-bond donors (Lipinski definition) is 2. The second kappa shape index (κ2) is 6.44. The van der Waals surface area contributed by atoms with Crippen molar-refractivity contribution in [2.75, 3.05) is 0 Å². The lowest BCUT2D eigenvalue weighted by Crippen LogP contribution is -2.40. The predicted octanol–water partition coefficient (Wildman–Crippen LogP) is 3.59. The van der Waals surface area contributed by atoms with Crippen molar-refractivity contribution >= 4 is 5.97 Å². The maximum Gasteiger partial charge on any atom is 0.371 e. The molecule has 1 aromatic heterocycles. The van der Waals surface area contributed by atoms with Gasteiger partial charge in [-0.1, -0.05) is 26.7 Å². The predicted molar refractivity (Wildman–Crippen MR) is 77.8 cm³/mol. The lowest BCUT2D eigenvalue weighted by Gasteiger charge is -2.35. The van der Waals surface area contributed by atoms with E-state index in [1.54, 1.807) is 6.07 Å². The Morgan fingerprint density at radius 1 is 1.45 bits per heavy atom. The van der Waals surface area contributed by atoms with Crippen LogP contribution in [0.15, 0.2) is 10.5 Å². The molecule has 2 unspecified atom stereocenters. The fourth-order valence-corrected chi connectivity index (χ4v) is 3.25. The van der Waals surface area contributed by atoms with Gasteiger partial charge in [-0.05, 0) is 37.7 Å². The molecule has 1 aliphatic carbocycles. The first-order valence-electron chi connectivity index (χ1n) is 7.55. The number of nitrogens with one attached hydrogen (secondary N) is 1. The van der Waals surface area contributed by atoms with Gasteiger partial charge >= 0.3 is 5.97 Å². The molecule has 112 valence electrons. The van der Waals surface area contributed by atoms with Gasteiger partial charge in [-0.25, -0.2) is 4.79 Å². The summed E-state index contributed by atoms with van der Waals surface area (Å²) in [5.74, 6) is 1.13. The Hall–Kier alpha value is -1.29. The Balaban J connectivity index is 1.98. The lowest BCUT2D eigenvalue weighted by molar-refractivity contribution is 0.0661. The quantitative estimate of drug-likeness (QED) is 0.864. The van der Waals surface area contributed by atoms with E-state index in [0.717, 1.165) is 11.5 Å². The maximum atomic E-state index is 10.9. The van der Waals surface area contributed by atoms with Crippen molar-refractivity contribution in [3.63, 3.8) is 0 Å². The molecule has 0 aliphatic heterocycles. The molecule has 0 spiro atoms. The van der Waals surface area contributed by atoms with Gasteiger partial charge in [0.05, 0.1) is 0 Å². The molecule has 1 aliphatic rings. The second-order valence-corrected chi connectivity index (χ2v) is 6.18. The first-order chi connectivity index (χ1) is 9.49. The molecule has 0 amide bonds. The number of carboxylic acid groups (broad SMARTS) is 1. The van der Waals surface area contributed by atoms with Crippen molar-refractivity contribution in [2.24, 2.45) is 11.8 Å². The third-order valence-corrected chi connectivity index (χ3v) is 4.46. The summed E-state index contributed by atoms with van der Waals surface area (Å²) in [6.45, 7) is 7.09. The van der Waals surface area contributed by atoms with Gasteiger partial charge in [-0.15, -0.1) is 0 Å². The highest BCUT2D eigenvalue weighted by Crippen LogP contribution is 2.30. The molecule has 0 saturated heterocycles. The first kappa shape index (κ1) is 15.1. The van der Waals surface area contributed by atoms with E-state index in [4.69, 9.17) is 9.52 Å². The third kappa shape index (κ3) is 3.42. The van der Waals surface area contributed by atoms with Crippen LogP contribution in [0.5, 0.6) is 0 Å². The van der Waals surface area contributed by atoms with Crippen molar-refractivity contribution in [1.82, 2.24) is 5.32 Å². The molecule has 2 N–H and O–H groups in total. The highest BCUT2D eigenvalue weighted by molar-refractivity contribution is 5.84. The fraction of sp³-hybridized carbons (Fsp3) is 0.688. The maximum absolute atomic E-state index is 10.9. The molecule has 1 saturated carbocycles. The van der Waals surface area contributed by atoms with Crippen LogP contribution in [0.4, 0.5) is 0 Å². The van der Waals surface area contributed by atoms with Gasteiger partial charge < -0.3 is 14.8 Å². The van der Waals surface area contributed by atoms with Crippen molar-refractivity contribution in [1.29, 1.82) is 0 Å². The van der Waals surface area contributed by atoms with E-state index in [1.807, 2.05) is 6.92 Å². The number of furan rings is 1. The number of hydrogen-bond acceptors (Lipinski definition) is 3. The molecular formula is C16H25NO3. The van der Waals surface area contributed by atoms with Gasteiger partial charge in [0.25, 0.3) is 0 Å². The zero-order valence-corrected chi connectivity index (χ0v) is 12.6. The van der Waals surface area contributed by atoms with Crippen molar-refractivity contribution in [3.8, 4) is 0 Å². The average Bonchev–Trinajstić information content (AvgIpc) is 2.78. The van der Waals surface area contributed by atoms with Crippen LogP contribution in [0, 0.1) is 18.8 Å². The summed E-state index contributed by atoms with van der Waals surface area (Å²) in [6, 6.07) is 2.17. The number of aryl methyl sites for hydroxylation is 1. The molecule has 4 heteroatoms. The van der Waals surface area contributed by atoms with Crippen LogP contribution in [-0.4, -0.2) is 17.1 Å². The molecule has 0 bridgehead atoms. The van der Waals surface area contributed by atoms with E-state index >= 15 is 0 Å². The smallest absolute Gasteiger partial charge is 0.371 e. The molecular weight excluding hydrogens is 254 g/mol. The largest absolute Gasteiger partial charge is 0.475 e. The standard InChI is InChI=1S/C16H25NO3/c1-10(2)13-6-4-5-7-14(13)17-9-12-8-15(16(18)19)20-11(12)3/h8,10,13-14,17H,4-7,9H2,1-3H3,(H,18,19). The number of aromatic carboxylic acids is 1. The topological polar surface area (TPSA) is 62.5 Å². The van der Waals surface area contributed by atoms with E-state index in [-0.39, 0.29) is 5.76 Å². The van der Waals surface area contributed by atoms with Crippen LogP contribution in [0.2, 0.25) is 0 Å². The Morgan fingerprint density at radius 2 is 2.15 bits per heavy atom. The van der Waals surface area contributed by atoms with E-state index in [2.05, 4.69) is 19.2 Å². The Bertz CT molecular complexity index is 464. The molecule has 1 heterocycles. The van der Waals surface area contributed by atoms with Crippen LogP contribution in [0.25, 0.3) is 0 Å². The van der Waals surface area contributed by atoms with Crippen LogP contribution in [0.1, 0.15) is 61.4 Å². The van der Waals surface area contributed by atoms with Gasteiger partial charge in [0.15, 0.2) is 0 Å². The highest BCUT2D eigenvalue weighted by atomic mass is 16.4. The van der Waals surface area contributed by atoms with E-state index in [1.165, 1.54) is 25.7 Å². The lowest BCUT2D eigenvalue weighted by atomic mass is 9.78. The molecule has 20 heavy (non-hydrogen) atoms. The number of rotatable bonds is 5. The molecule has 1 fully saturated rings. The van der Waals surface area contributed by atoms with Crippen molar-refractivity contribution in [3.05, 3.63) is 23.2 Å². The van der Waals surface area contributed by atoms with Crippen molar-refractivity contribution < 1.29 is 14.3 Å². The van der Waals surface area contributed by atoms with Crippen LogP contribution in [0.3, 0.4) is 0 Å². The Labute approximate surface area is 120 Å². The summed E-state index contributed by atoms with van der Waals surface area (Å²) in [5.41, 5.74) is 0.954. The summed E-state index contributed by atoms with van der Waals surface area (Å²) in [6.07, 6.45) is 5.12. The fourth-order valence-electron chi connectivity index (χ4n) is 3.25. The van der Waals surface area contributed by atoms with E-state index in [9.17, 15) is 4.79 Å². The summed E-state index contributed by atoms with van der Waals surface area (Å²) in [4.78, 5) is 10.9. The SMILES string of the molecule is Cc1oc(C(=O)O)cc1CNC1CCCCC1C(C)C. The van der Waals surface area contributed by atoms with Crippen molar-refractivity contribution in [2.45, 2.75) is 59.0 Å². The van der Waals surface area contributed by atoms with E-state index in [0.29, 0.717) is 24.3 Å². The minimum absolute atomic E-state index is 0.0309. The monoisotopic (exact) mass is 279 g/mol. The average molecular weight is 279 g/mol. The van der Waals surface area contributed by atoms with Gasteiger partial charge in [-0.3, -0.25) is 0 Å². The minimum Gasteiger partial charge on any atom is -0.475 e. The van der Waals surface area contributed by atoms with Gasteiger partial charge in [0, 0.05) is 18.2 Å². The molecule has 0 radical (unpaired) electrons. The minimum atomic E-state index is -1.00. The van der Waals surface area contributed by atoms with E-state index < -0.39 is 5.97 Å². The van der Waals surface area contributed by atoms with Gasteiger partial charge in [-0.2, -0.15) is 0 Å². The van der Waals surface area contributed by atoms with Crippen LogP contribution < -0.4 is 5.32 Å². The second-order valence-electron chi connectivity index (χ2n) is 6.18. The summed E-state index contributed by atoms with van der Waals surface area (Å²) in [7, 11) is 0. The normalized spacial score (nSPS) is 23.2. The first-order valence-corrected chi connectivity index (χ1v) is 7.55. The molecule has 2 rings (SSSR count). The molecule has 0 aromatic carbocycles. The van der Waals surface area contributed by atoms with Crippen LogP contribution in [-0.2, 0) is 6.54 Å². The van der Waals surface area contributed by atoms with Crippen LogP contribution >= 0.6 is 0 Å². The zero-order chi connectivity index (χ0) is 14.7. The summed E-state index contributed by atoms with van der Waals surface area (Å²) < 4.78 is 5.25.